The van der Waals surface area contributed by atoms with E-state index in [4.69, 9.17) is 5.73 Å². The molecule has 4 rings (SSSR count). The number of hydrogen-bond acceptors (Lipinski definition) is 3. The zero-order valence-electron chi connectivity index (χ0n) is 10.5. The molecule has 0 spiro atoms. The molecule has 92 valence electrons. The fourth-order valence-corrected chi connectivity index (χ4v) is 3.17. The van der Waals surface area contributed by atoms with Gasteiger partial charge < -0.3 is 5.73 Å². The highest BCUT2D eigenvalue weighted by molar-refractivity contribution is 5.30. The maximum Gasteiger partial charge on any atom is 0.0468 e. The fraction of sp³-hybridized carbons (Fsp3) is 0.571. The molecule has 3 aliphatic heterocycles. The maximum absolute atomic E-state index is 6.49. The highest BCUT2D eigenvalue weighted by Gasteiger charge is 2.36. The summed E-state index contributed by atoms with van der Waals surface area (Å²) in [6, 6.07) is 9.17. The van der Waals surface area contributed by atoms with Gasteiger partial charge in [0, 0.05) is 44.8 Å². The van der Waals surface area contributed by atoms with Gasteiger partial charge in [0.1, 0.15) is 0 Å². The largest absolute Gasteiger partial charge is 0.323 e. The molecule has 3 aliphatic rings. The van der Waals surface area contributed by atoms with Crippen LogP contribution in [-0.4, -0.2) is 48.6 Å². The van der Waals surface area contributed by atoms with Gasteiger partial charge in [-0.15, -0.1) is 0 Å². The molecule has 3 saturated heterocycles. The zero-order valence-corrected chi connectivity index (χ0v) is 10.5. The Morgan fingerprint density at radius 3 is 2.47 bits per heavy atom. The van der Waals surface area contributed by atoms with Crippen molar-refractivity contribution in [2.75, 3.05) is 32.7 Å². The third kappa shape index (κ3) is 1.99. The first-order valence-corrected chi connectivity index (χ1v) is 6.53. The number of nitrogens with two attached hydrogens (primary N) is 1. The topological polar surface area (TPSA) is 32.5 Å². The Morgan fingerprint density at radius 1 is 1.18 bits per heavy atom. The van der Waals surface area contributed by atoms with Crippen molar-refractivity contribution in [2.45, 2.75) is 19.0 Å². The van der Waals surface area contributed by atoms with Gasteiger partial charge in [0.25, 0.3) is 0 Å². The Labute approximate surface area is 103 Å². The van der Waals surface area contributed by atoms with Crippen LogP contribution in [0.2, 0.25) is 0 Å². The van der Waals surface area contributed by atoms with E-state index in [2.05, 4.69) is 41.0 Å². The summed E-state index contributed by atoms with van der Waals surface area (Å²) in [7, 11) is 0. The van der Waals surface area contributed by atoms with Crippen LogP contribution in [0.5, 0.6) is 0 Å². The molecule has 2 atom stereocenters. The maximum atomic E-state index is 6.49. The molecule has 3 heteroatoms. The van der Waals surface area contributed by atoms with Gasteiger partial charge in [0.15, 0.2) is 0 Å². The van der Waals surface area contributed by atoms with Crippen LogP contribution in [-0.2, 0) is 0 Å². The van der Waals surface area contributed by atoms with E-state index in [1.807, 2.05) is 0 Å². The summed E-state index contributed by atoms with van der Waals surface area (Å²) in [4.78, 5) is 5.11. The molecule has 3 fully saturated rings. The van der Waals surface area contributed by atoms with Crippen molar-refractivity contribution >= 4 is 0 Å². The number of piperazine rings is 3. The number of hydrogen-bond donors (Lipinski definition) is 1. The first-order valence-electron chi connectivity index (χ1n) is 6.53. The molecule has 1 aromatic rings. The van der Waals surface area contributed by atoms with Gasteiger partial charge in [-0.2, -0.15) is 0 Å². The van der Waals surface area contributed by atoms with E-state index in [1.54, 1.807) is 0 Å². The molecule has 3 heterocycles. The van der Waals surface area contributed by atoms with Gasteiger partial charge >= 0.3 is 0 Å². The second-order valence-electron chi connectivity index (χ2n) is 5.29. The first kappa shape index (κ1) is 11.2. The molecule has 2 bridgehead atoms. The van der Waals surface area contributed by atoms with Gasteiger partial charge in [-0.25, -0.2) is 0 Å². The zero-order chi connectivity index (χ0) is 11.8. The van der Waals surface area contributed by atoms with Crippen molar-refractivity contribution in [3.63, 3.8) is 0 Å². The normalized spacial score (nSPS) is 33.6. The second-order valence-corrected chi connectivity index (χ2v) is 5.29. The predicted octanol–water partition coefficient (Wildman–Crippen LogP) is 0.995. The van der Waals surface area contributed by atoms with E-state index < -0.39 is 0 Å². The predicted molar refractivity (Wildman–Crippen MR) is 69.9 cm³/mol. The van der Waals surface area contributed by atoms with Crippen molar-refractivity contribution in [3.05, 3.63) is 35.4 Å². The lowest BCUT2D eigenvalue weighted by Gasteiger charge is -2.49. The first-order chi connectivity index (χ1) is 8.25. The molecule has 0 radical (unpaired) electrons. The molecular formula is C14H21N3. The lowest BCUT2D eigenvalue weighted by Crippen LogP contribution is -2.63. The molecule has 0 amide bonds. The van der Waals surface area contributed by atoms with Crippen LogP contribution in [0.4, 0.5) is 0 Å². The summed E-state index contributed by atoms with van der Waals surface area (Å²) in [5, 5.41) is 0. The van der Waals surface area contributed by atoms with Gasteiger partial charge in [-0.1, -0.05) is 24.3 Å². The average molecular weight is 231 g/mol. The number of benzene rings is 1. The smallest absolute Gasteiger partial charge is 0.0468 e. The van der Waals surface area contributed by atoms with Crippen LogP contribution in [0.1, 0.15) is 17.2 Å². The third-order valence-corrected chi connectivity index (χ3v) is 4.28. The number of nitrogens with zero attached hydrogens (tertiary/aromatic N) is 2. The molecule has 0 aliphatic carbocycles. The molecule has 3 nitrogen and oxygen atoms in total. The van der Waals surface area contributed by atoms with Gasteiger partial charge in [0.2, 0.25) is 0 Å². The summed E-state index contributed by atoms with van der Waals surface area (Å²) < 4.78 is 0. The molecule has 2 unspecified atom stereocenters. The molecule has 2 N–H and O–H groups in total. The second kappa shape index (κ2) is 4.41. The van der Waals surface area contributed by atoms with Crippen LogP contribution in [0.15, 0.2) is 24.3 Å². The lowest BCUT2D eigenvalue weighted by molar-refractivity contribution is 0.00207. The summed E-state index contributed by atoms with van der Waals surface area (Å²) in [6.07, 6.45) is 0. The number of aryl methyl sites for hydroxylation is 1. The Balaban J connectivity index is 1.83. The minimum absolute atomic E-state index is 0.152. The molecule has 0 saturated carbocycles. The Morgan fingerprint density at radius 2 is 1.88 bits per heavy atom. The fourth-order valence-electron chi connectivity index (χ4n) is 3.17. The molecular weight excluding hydrogens is 210 g/mol. The van der Waals surface area contributed by atoms with E-state index in [1.165, 1.54) is 37.3 Å². The minimum atomic E-state index is 0.152. The van der Waals surface area contributed by atoms with Crippen molar-refractivity contribution < 1.29 is 0 Å². The third-order valence-electron chi connectivity index (χ3n) is 4.28. The van der Waals surface area contributed by atoms with Crippen LogP contribution >= 0.6 is 0 Å². The minimum Gasteiger partial charge on any atom is -0.323 e. The van der Waals surface area contributed by atoms with Crippen LogP contribution in [0.3, 0.4) is 0 Å². The lowest BCUT2D eigenvalue weighted by atomic mass is 9.92. The monoisotopic (exact) mass is 231 g/mol. The van der Waals surface area contributed by atoms with Crippen molar-refractivity contribution in [2.24, 2.45) is 5.73 Å². The highest BCUT2D eigenvalue weighted by atomic mass is 15.3. The summed E-state index contributed by atoms with van der Waals surface area (Å²) in [5.41, 5.74) is 9.12. The van der Waals surface area contributed by atoms with E-state index in [0.29, 0.717) is 6.04 Å². The van der Waals surface area contributed by atoms with E-state index >= 15 is 0 Å². The van der Waals surface area contributed by atoms with Gasteiger partial charge in [0.05, 0.1) is 0 Å². The Kier molecular flexibility index (Phi) is 2.90. The quantitative estimate of drug-likeness (QED) is 0.824. The Bertz CT molecular complexity index is 396. The van der Waals surface area contributed by atoms with E-state index in [-0.39, 0.29) is 6.04 Å². The Hall–Kier alpha value is -0.900. The van der Waals surface area contributed by atoms with Crippen LogP contribution in [0.25, 0.3) is 0 Å². The summed E-state index contributed by atoms with van der Waals surface area (Å²) >= 11 is 0. The average Bonchev–Trinajstić information content (AvgIpc) is 2.40. The van der Waals surface area contributed by atoms with Gasteiger partial charge in [-0.05, 0) is 18.1 Å². The van der Waals surface area contributed by atoms with Crippen molar-refractivity contribution in [1.82, 2.24) is 9.80 Å². The summed E-state index contributed by atoms with van der Waals surface area (Å²) in [5.74, 6) is 0. The van der Waals surface area contributed by atoms with Crippen molar-refractivity contribution in [1.29, 1.82) is 0 Å². The molecule has 17 heavy (non-hydrogen) atoms. The summed E-state index contributed by atoms with van der Waals surface area (Å²) in [6.45, 7) is 8.10. The number of fused-ring (bicyclic) bond motifs is 3. The molecule has 1 aromatic carbocycles. The van der Waals surface area contributed by atoms with Crippen LogP contribution < -0.4 is 5.73 Å². The van der Waals surface area contributed by atoms with Crippen molar-refractivity contribution in [3.8, 4) is 0 Å². The highest BCUT2D eigenvalue weighted by Crippen LogP contribution is 2.27. The van der Waals surface area contributed by atoms with E-state index in [9.17, 15) is 0 Å². The number of rotatable bonds is 2. The SMILES string of the molecule is Cc1ccccc1C(N)C1CN2CCN1CC2. The van der Waals surface area contributed by atoms with E-state index in [0.717, 1.165) is 6.54 Å². The standard InChI is InChI=1S/C14H21N3/c1-11-4-2-3-5-12(11)14(15)13-10-16-6-8-17(13)9-7-16/h2-5,13-14H,6-10,15H2,1H3. The molecule has 0 aromatic heterocycles. The van der Waals surface area contributed by atoms with Crippen LogP contribution in [0, 0.1) is 6.92 Å². The van der Waals surface area contributed by atoms with Gasteiger partial charge in [-0.3, -0.25) is 9.80 Å².